The number of halogens is 1. The van der Waals surface area contributed by atoms with Crippen LogP contribution < -0.4 is 4.74 Å². The molecule has 0 radical (unpaired) electrons. The van der Waals surface area contributed by atoms with E-state index < -0.39 is 112 Å². The lowest BCUT2D eigenvalue weighted by Gasteiger charge is -2.27. The minimum Gasteiger partial charge on any atom is -0.490 e. The van der Waals surface area contributed by atoms with Crippen LogP contribution in [0.3, 0.4) is 0 Å². The molecule has 69 heavy (non-hydrogen) atoms. The molecule has 21 nitrogen and oxygen atoms in total. The zero-order valence-corrected chi connectivity index (χ0v) is 41.3. The minimum absolute atomic E-state index is 0.111. The number of nitro benzene ring substituents is 1. The number of benzene rings is 2. The van der Waals surface area contributed by atoms with E-state index in [4.69, 9.17) is 45.1 Å². The average Bonchev–Trinajstić information content (AvgIpc) is 4.05. The van der Waals surface area contributed by atoms with Crippen molar-refractivity contribution in [3.63, 3.8) is 0 Å². The van der Waals surface area contributed by atoms with Gasteiger partial charge in [-0.25, -0.2) is 28.8 Å². The molecule has 0 spiro atoms. The maximum atomic E-state index is 13.3. The molecular weight excluding hydrogens is 928 g/mol. The molecule has 3 aliphatic rings. The van der Waals surface area contributed by atoms with E-state index in [1.807, 2.05) is 0 Å². The number of hydrogen-bond donors (Lipinski definition) is 1. The number of aliphatic carboxylic acids is 1. The largest absolute Gasteiger partial charge is 0.490 e. The quantitative estimate of drug-likeness (QED) is 0.0703. The smallest absolute Gasteiger partial charge is 0.411 e. The number of ether oxygens (including phenoxy) is 6. The number of amides is 3. The van der Waals surface area contributed by atoms with Gasteiger partial charge in [0, 0.05) is 25.2 Å². The Morgan fingerprint density at radius 3 is 1.43 bits per heavy atom. The number of rotatable bonds is 12. The molecule has 3 saturated heterocycles. The highest BCUT2D eigenvalue weighted by Crippen LogP contribution is 2.45. The van der Waals surface area contributed by atoms with E-state index in [1.165, 1.54) is 39.0 Å². The van der Waals surface area contributed by atoms with E-state index in [9.17, 15) is 48.5 Å². The molecule has 0 unspecified atom stereocenters. The molecule has 22 heteroatoms. The predicted molar refractivity (Wildman–Crippen MR) is 246 cm³/mol. The summed E-state index contributed by atoms with van der Waals surface area (Å²) in [6.07, 6.45) is 1.08. The van der Waals surface area contributed by atoms with Gasteiger partial charge in [-0.05, 0) is 112 Å². The van der Waals surface area contributed by atoms with Gasteiger partial charge in [0.15, 0.2) is 19.0 Å². The molecular formula is C47H61ClN4O17. The number of ketones is 2. The lowest BCUT2D eigenvalue weighted by Crippen LogP contribution is -2.44. The Hall–Kier alpha value is -6.51. The summed E-state index contributed by atoms with van der Waals surface area (Å²) in [6.45, 7) is 15.1. The molecule has 5 rings (SSSR count). The molecule has 1 N–H and O–H groups in total. The summed E-state index contributed by atoms with van der Waals surface area (Å²) in [5.41, 5.74) is -2.88. The number of carboxylic acids is 1. The van der Waals surface area contributed by atoms with Crippen molar-refractivity contribution < 1.29 is 76.8 Å². The molecule has 3 atom stereocenters. The van der Waals surface area contributed by atoms with Crippen molar-refractivity contribution in [2.45, 2.75) is 136 Å². The summed E-state index contributed by atoms with van der Waals surface area (Å²) in [5, 5.41) is 21.1. The number of hydrogen-bond acceptors (Lipinski definition) is 16. The van der Waals surface area contributed by atoms with Gasteiger partial charge in [-0.3, -0.25) is 34.4 Å². The van der Waals surface area contributed by atoms with E-state index in [1.54, 1.807) is 62.3 Å². The maximum Gasteiger partial charge on any atom is 0.411 e. The summed E-state index contributed by atoms with van der Waals surface area (Å²) < 4.78 is 31.7. The fourth-order valence-electron chi connectivity index (χ4n) is 7.59. The monoisotopic (exact) mass is 988 g/mol. The fraction of sp³-hybridized carbons (Fsp3) is 0.574. The van der Waals surface area contributed by atoms with Crippen LogP contribution in [0.2, 0.25) is 5.02 Å². The van der Waals surface area contributed by atoms with Crippen molar-refractivity contribution in [3.8, 4) is 16.9 Å². The van der Waals surface area contributed by atoms with Crippen molar-refractivity contribution >= 4 is 65.0 Å². The Balaban J connectivity index is 0.000000587. The summed E-state index contributed by atoms with van der Waals surface area (Å²) in [6, 6.07) is 4.08. The van der Waals surface area contributed by atoms with Crippen LogP contribution in [-0.4, -0.2) is 147 Å². The zero-order chi connectivity index (χ0) is 51.8. The predicted octanol–water partition coefficient (Wildman–Crippen LogP) is 7.65. The molecule has 3 heterocycles. The van der Waals surface area contributed by atoms with E-state index >= 15 is 0 Å². The number of likely N-dealkylation sites (tertiary alicyclic amines) is 3. The van der Waals surface area contributed by atoms with Crippen LogP contribution in [0.4, 0.5) is 20.1 Å². The van der Waals surface area contributed by atoms with Gasteiger partial charge in [0.1, 0.15) is 34.9 Å². The summed E-state index contributed by atoms with van der Waals surface area (Å²) in [5.74, 6) is -4.40. The zero-order valence-electron chi connectivity index (χ0n) is 40.5. The van der Waals surface area contributed by atoms with Crippen molar-refractivity contribution in [1.82, 2.24) is 14.7 Å². The molecule has 2 aromatic carbocycles. The molecule has 0 bridgehead atoms. The van der Waals surface area contributed by atoms with Crippen LogP contribution >= 0.6 is 11.6 Å². The summed E-state index contributed by atoms with van der Waals surface area (Å²) in [4.78, 5) is 115. The van der Waals surface area contributed by atoms with Crippen molar-refractivity contribution in [1.29, 1.82) is 0 Å². The standard InChI is InChI=1S/C37H44ClN3O13.C10H17NO4/c1-36(2,3)53-34(46)39-16-8-10-25(39)32(44)51-19-27(42)21-12-14-22(15-13-21)29-24(38)18-23(31(50-7)30(29)41(48)49)28(43)20-52-33(45)26-11-9-17-40(26)35(47)54-37(4,5)6;1-10(2,3)15-9(14)11-6-4-5-7(11)8(12)13/h12-15,18,25-26H,8-11,16-17,19-20H2,1-7H3;7H,4-6H2,1-3H3,(H,12,13)/t25-,26-;7-/m00/s1. The molecule has 0 saturated carbocycles. The second kappa shape index (κ2) is 22.7. The van der Waals surface area contributed by atoms with Crippen LogP contribution in [0.1, 0.15) is 122 Å². The lowest BCUT2D eigenvalue weighted by molar-refractivity contribution is -0.385. The first kappa shape index (κ1) is 55.1. The molecule has 0 aromatic heterocycles. The lowest BCUT2D eigenvalue weighted by atomic mass is 9.97. The van der Waals surface area contributed by atoms with E-state index in [0.29, 0.717) is 45.2 Å². The molecule has 3 aliphatic heterocycles. The Bertz CT molecular complexity index is 2300. The first-order chi connectivity index (χ1) is 32.0. The molecule has 3 fully saturated rings. The Kier molecular flexibility index (Phi) is 18.1. The number of carboxylic acid groups (broad SMARTS) is 1. The highest BCUT2D eigenvalue weighted by molar-refractivity contribution is 6.34. The van der Waals surface area contributed by atoms with Gasteiger partial charge in [0.05, 0.1) is 28.2 Å². The van der Waals surface area contributed by atoms with Crippen LogP contribution in [0.5, 0.6) is 5.75 Å². The first-order valence-electron chi connectivity index (χ1n) is 22.3. The molecule has 378 valence electrons. The van der Waals surface area contributed by atoms with Crippen molar-refractivity contribution in [2.75, 3.05) is 40.0 Å². The number of carbonyl (C=O) groups is 8. The summed E-state index contributed by atoms with van der Waals surface area (Å²) in [7, 11) is 1.13. The van der Waals surface area contributed by atoms with Gasteiger partial charge in [-0.2, -0.15) is 0 Å². The average molecular weight is 989 g/mol. The van der Waals surface area contributed by atoms with Gasteiger partial charge in [0.25, 0.3) is 0 Å². The fourth-order valence-corrected chi connectivity index (χ4v) is 7.90. The van der Waals surface area contributed by atoms with Crippen LogP contribution in [0.25, 0.3) is 11.1 Å². The number of esters is 2. The second-order valence-electron chi connectivity index (χ2n) is 19.4. The Morgan fingerprint density at radius 2 is 1.06 bits per heavy atom. The number of Topliss-reactive ketones (excluding diaryl/α,β-unsaturated/α-hetero) is 2. The summed E-state index contributed by atoms with van der Waals surface area (Å²) >= 11 is 6.54. The van der Waals surface area contributed by atoms with Crippen LogP contribution in [-0.2, 0) is 38.1 Å². The first-order valence-corrected chi connectivity index (χ1v) is 22.7. The van der Waals surface area contributed by atoms with E-state index in [2.05, 4.69) is 0 Å². The normalized spacial score (nSPS) is 18.1. The topological polar surface area (TPSA) is 265 Å². The second-order valence-corrected chi connectivity index (χ2v) is 19.8. The third-order valence-electron chi connectivity index (χ3n) is 10.6. The van der Waals surface area contributed by atoms with Crippen molar-refractivity contribution in [2.24, 2.45) is 0 Å². The minimum atomic E-state index is -0.974. The third-order valence-corrected chi connectivity index (χ3v) is 10.8. The Morgan fingerprint density at radius 1 is 0.667 bits per heavy atom. The highest BCUT2D eigenvalue weighted by atomic mass is 35.5. The highest BCUT2D eigenvalue weighted by Gasteiger charge is 2.41. The van der Waals surface area contributed by atoms with Gasteiger partial charge >= 0.3 is 41.9 Å². The van der Waals surface area contributed by atoms with Crippen LogP contribution in [0.15, 0.2) is 30.3 Å². The SMILES string of the molecule is CC(C)(C)OC(=O)N1CCC[C@H]1C(=O)O.COc1c(C(=O)COC(=O)[C@@H]2CCCN2C(=O)OC(C)(C)C)cc(Cl)c(-c2ccc(C(=O)COC(=O)[C@@H]3CCCN3C(=O)OC(C)(C)C)cc2)c1[N+](=O)[O-]. The third kappa shape index (κ3) is 15.0. The molecule has 0 aliphatic carbocycles. The van der Waals surface area contributed by atoms with E-state index in [-0.39, 0.29) is 33.8 Å². The van der Waals surface area contributed by atoms with Gasteiger partial charge in [0.2, 0.25) is 11.5 Å². The van der Waals surface area contributed by atoms with Gasteiger partial charge < -0.3 is 33.5 Å². The van der Waals surface area contributed by atoms with Gasteiger partial charge in [-0.15, -0.1) is 0 Å². The van der Waals surface area contributed by atoms with Crippen LogP contribution in [0, 0.1) is 10.1 Å². The molecule has 3 amide bonds. The maximum absolute atomic E-state index is 13.3. The number of carbonyl (C=O) groups excluding carboxylic acids is 7. The van der Waals surface area contributed by atoms with Crippen molar-refractivity contribution in [3.05, 3.63) is 56.6 Å². The Labute approximate surface area is 404 Å². The number of nitro groups is 1. The number of methoxy groups -OCH3 is 1. The molecule has 2 aromatic rings. The van der Waals surface area contributed by atoms with E-state index in [0.717, 1.165) is 19.6 Å². The van der Waals surface area contributed by atoms with Gasteiger partial charge in [-0.1, -0.05) is 35.9 Å². The number of nitrogens with zero attached hydrogens (tertiary/aromatic N) is 4.